The van der Waals surface area contributed by atoms with Gasteiger partial charge in [-0.1, -0.05) is 100 Å². The molecule has 128 valence electrons. The summed E-state index contributed by atoms with van der Waals surface area (Å²) in [6.45, 7) is 2.28. The predicted molar refractivity (Wildman–Crippen MR) is 105 cm³/mol. The fraction of sp³-hybridized carbons (Fsp3) is 0.500. The highest BCUT2D eigenvalue weighted by atomic mass is 14.4. The minimum Gasteiger partial charge on any atom is -0.0654 e. The van der Waals surface area contributed by atoms with Gasteiger partial charge in [0.1, 0.15) is 0 Å². The number of hydrogen-bond donors (Lipinski definition) is 0. The van der Waals surface area contributed by atoms with Crippen LogP contribution in [0.5, 0.6) is 0 Å². The number of unbranched alkanes of at least 4 members (excludes halogenated alkanes) is 3. The van der Waals surface area contributed by atoms with Gasteiger partial charge in [0.05, 0.1) is 0 Å². The van der Waals surface area contributed by atoms with Gasteiger partial charge < -0.3 is 0 Å². The van der Waals surface area contributed by atoms with E-state index in [0.29, 0.717) is 0 Å². The molecule has 1 fully saturated rings. The van der Waals surface area contributed by atoms with Crippen LogP contribution in [0.3, 0.4) is 0 Å². The summed E-state index contributed by atoms with van der Waals surface area (Å²) in [5.74, 6) is 0. The van der Waals surface area contributed by atoms with Crippen LogP contribution in [-0.2, 0) is 11.8 Å². The molecule has 0 radical (unpaired) electrons. The summed E-state index contributed by atoms with van der Waals surface area (Å²) < 4.78 is 0. The van der Waals surface area contributed by atoms with E-state index in [2.05, 4.69) is 61.5 Å². The lowest BCUT2D eigenvalue weighted by molar-refractivity contribution is 0.346. The van der Waals surface area contributed by atoms with Gasteiger partial charge in [-0.2, -0.15) is 0 Å². The molecule has 0 aliphatic heterocycles. The molecule has 0 aromatic heterocycles. The minimum atomic E-state index is 0.250. The zero-order valence-electron chi connectivity index (χ0n) is 15.3. The van der Waals surface area contributed by atoms with E-state index in [0.717, 1.165) is 0 Å². The molecule has 24 heavy (non-hydrogen) atoms. The molecule has 0 unspecified atom stereocenters. The molecular formula is C24H32. The Morgan fingerprint density at radius 3 is 2.04 bits per heavy atom. The molecule has 2 aromatic carbocycles. The molecule has 0 amide bonds. The Hall–Kier alpha value is -1.56. The Kier molecular flexibility index (Phi) is 6.12. The first-order chi connectivity index (χ1) is 11.8. The van der Waals surface area contributed by atoms with Crippen molar-refractivity contribution in [2.45, 2.75) is 76.5 Å². The van der Waals surface area contributed by atoms with E-state index in [-0.39, 0.29) is 5.41 Å². The zero-order chi connectivity index (χ0) is 16.7. The van der Waals surface area contributed by atoms with Gasteiger partial charge in [0.15, 0.2) is 0 Å². The van der Waals surface area contributed by atoms with Gasteiger partial charge in [-0.25, -0.2) is 0 Å². The number of aryl methyl sites for hydroxylation is 1. The van der Waals surface area contributed by atoms with Crippen LogP contribution in [0.25, 0.3) is 0 Å². The molecule has 0 N–H and O–H groups in total. The maximum Gasteiger partial charge on any atom is 0.0202 e. The molecule has 0 heterocycles. The molecule has 0 heteroatoms. The van der Waals surface area contributed by atoms with Gasteiger partial charge in [0, 0.05) is 5.41 Å². The van der Waals surface area contributed by atoms with Gasteiger partial charge in [-0.15, -0.1) is 0 Å². The van der Waals surface area contributed by atoms with Gasteiger partial charge >= 0.3 is 0 Å². The van der Waals surface area contributed by atoms with E-state index in [9.17, 15) is 0 Å². The van der Waals surface area contributed by atoms with Crippen molar-refractivity contribution in [3.05, 3.63) is 71.3 Å². The van der Waals surface area contributed by atoms with Gasteiger partial charge in [-0.05, 0) is 42.4 Å². The number of hydrogen-bond acceptors (Lipinski definition) is 0. The first kappa shape index (κ1) is 17.3. The lowest BCUT2D eigenvalue weighted by atomic mass is 9.65. The van der Waals surface area contributed by atoms with E-state index >= 15 is 0 Å². The van der Waals surface area contributed by atoms with Crippen molar-refractivity contribution in [1.29, 1.82) is 0 Å². The molecule has 1 aliphatic carbocycles. The second-order valence-electron chi connectivity index (χ2n) is 7.52. The van der Waals surface area contributed by atoms with E-state index in [4.69, 9.17) is 0 Å². The molecule has 0 atom stereocenters. The number of benzene rings is 2. The Bertz CT molecular complexity index is 588. The average molecular weight is 321 g/mol. The molecule has 3 rings (SSSR count). The van der Waals surface area contributed by atoms with Crippen LogP contribution in [0.2, 0.25) is 0 Å². The maximum absolute atomic E-state index is 2.42. The van der Waals surface area contributed by atoms with Crippen LogP contribution in [0.4, 0.5) is 0 Å². The molecule has 1 aliphatic rings. The van der Waals surface area contributed by atoms with Gasteiger partial charge in [-0.3, -0.25) is 0 Å². The molecule has 0 spiro atoms. The smallest absolute Gasteiger partial charge is 0.0202 e. The fourth-order valence-electron chi connectivity index (χ4n) is 4.40. The van der Waals surface area contributed by atoms with Crippen LogP contribution in [0.15, 0.2) is 54.6 Å². The monoisotopic (exact) mass is 320 g/mol. The van der Waals surface area contributed by atoms with Crippen LogP contribution < -0.4 is 0 Å². The largest absolute Gasteiger partial charge is 0.0654 e. The average Bonchev–Trinajstić information content (AvgIpc) is 2.67. The van der Waals surface area contributed by atoms with Crippen LogP contribution in [0.1, 0.15) is 81.4 Å². The minimum absolute atomic E-state index is 0.250. The van der Waals surface area contributed by atoms with Crippen molar-refractivity contribution < 1.29 is 0 Å². The van der Waals surface area contributed by atoms with Crippen molar-refractivity contribution in [2.24, 2.45) is 0 Å². The summed E-state index contributed by atoms with van der Waals surface area (Å²) in [6.07, 6.45) is 13.3. The number of rotatable bonds is 7. The summed E-state index contributed by atoms with van der Waals surface area (Å²) in [7, 11) is 0. The third-order valence-electron chi connectivity index (χ3n) is 5.86. The summed E-state index contributed by atoms with van der Waals surface area (Å²) >= 11 is 0. The highest BCUT2D eigenvalue weighted by molar-refractivity contribution is 5.41. The topological polar surface area (TPSA) is 0 Å². The van der Waals surface area contributed by atoms with Crippen molar-refractivity contribution in [3.8, 4) is 0 Å². The molecule has 1 saturated carbocycles. The first-order valence-corrected chi connectivity index (χ1v) is 10.00. The summed E-state index contributed by atoms with van der Waals surface area (Å²) in [5, 5.41) is 0. The Labute approximate surface area is 148 Å². The molecule has 0 saturated heterocycles. The summed E-state index contributed by atoms with van der Waals surface area (Å²) in [5.41, 5.74) is 4.81. The third-order valence-corrected chi connectivity index (χ3v) is 5.86. The first-order valence-electron chi connectivity index (χ1n) is 10.00. The van der Waals surface area contributed by atoms with Gasteiger partial charge in [0.25, 0.3) is 0 Å². The summed E-state index contributed by atoms with van der Waals surface area (Å²) in [4.78, 5) is 0. The Morgan fingerprint density at radius 2 is 1.38 bits per heavy atom. The standard InChI is InChI=1S/C24H32/c1-2-3-4-7-12-21-15-17-23(18-16-21)24(19-10-6-11-20-24)22-13-8-5-9-14-22/h5,8-9,13-18H,2-4,6-7,10-12,19-20H2,1H3. The normalized spacial score (nSPS) is 16.9. The van der Waals surface area contributed by atoms with Crippen LogP contribution in [-0.4, -0.2) is 0 Å². The lowest BCUT2D eigenvalue weighted by Gasteiger charge is -2.38. The van der Waals surface area contributed by atoms with Crippen molar-refractivity contribution in [3.63, 3.8) is 0 Å². The van der Waals surface area contributed by atoms with Crippen molar-refractivity contribution in [2.75, 3.05) is 0 Å². The SMILES string of the molecule is CCCCCCc1ccc(C2(c3ccccc3)CCCCC2)cc1. The molecule has 0 nitrogen and oxygen atoms in total. The fourth-order valence-corrected chi connectivity index (χ4v) is 4.40. The van der Waals surface area contributed by atoms with Crippen molar-refractivity contribution >= 4 is 0 Å². The zero-order valence-corrected chi connectivity index (χ0v) is 15.3. The second kappa shape index (κ2) is 8.51. The van der Waals surface area contributed by atoms with E-state index < -0.39 is 0 Å². The second-order valence-corrected chi connectivity index (χ2v) is 7.52. The van der Waals surface area contributed by atoms with Crippen molar-refractivity contribution in [1.82, 2.24) is 0 Å². The summed E-state index contributed by atoms with van der Waals surface area (Å²) in [6, 6.07) is 20.8. The highest BCUT2D eigenvalue weighted by Gasteiger charge is 2.35. The van der Waals surface area contributed by atoms with Gasteiger partial charge in [0.2, 0.25) is 0 Å². The van der Waals surface area contributed by atoms with E-state index in [1.807, 2.05) is 0 Å². The quantitative estimate of drug-likeness (QED) is 0.479. The van der Waals surface area contributed by atoms with Crippen LogP contribution >= 0.6 is 0 Å². The lowest BCUT2D eigenvalue weighted by Crippen LogP contribution is -2.30. The Balaban J connectivity index is 1.78. The molecule has 2 aromatic rings. The van der Waals surface area contributed by atoms with E-state index in [1.54, 1.807) is 0 Å². The third kappa shape index (κ3) is 3.91. The molecule has 0 bridgehead atoms. The van der Waals surface area contributed by atoms with E-state index in [1.165, 1.54) is 80.9 Å². The predicted octanol–water partition coefficient (Wildman–Crippen LogP) is 7.06. The molecular weight excluding hydrogens is 288 g/mol. The van der Waals surface area contributed by atoms with Crippen LogP contribution in [0, 0.1) is 0 Å². The maximum atomic E-state index is 2.42. The highest BCUT2D eigenvalue weighted by Crippen LogP contribution is 2.44. The Morgan fingerprint density at radius 1 is 0.708 bits per heavy atom.